The lowest BCUT2D eigenvalue weighted by Crippen LogP contribution is -2.35. The number of carbonyl (C=O) groups is 1. The van der Waals surface area contributed by atoms with E-state index in [1.807, 2.05) is 32.9 Å². The van der Waals surface area contributed by atoms with Crippen LogP contribution in [0.3, 0.4) is 0 Å². The molecule has 0 bridgehead atoms. The number of nitrogens with one attached hydrogen (secondary N) is 1. The molecule has 3 aromatic rings. The number of phenols is 1. The van der Waals surface area contributed by atoms with Gasteiger partial charge >= 0.3 is 5.97 Å². The Bertz CT molecular complexity index is 1110. The Hall–Kier alpha value is -3.42. The fourth-order valence-corrected chi connectivity index (χ4v) is 3.83. The number of aliphatic hydroxyl groups excluding tert-OH is 1. The summed E-state index contributed by atoms with van der Waals surface area (Å²) in [6, 6.07) is 16.4. The molecule has 0 unspecified atom stereocenters. The van der Waals surface area contributed by atoms with Crippen LogP contribution in [0.25, 0.3) is 11.1 Å². The number of aliphatic hydroxyl groups is 1. The van der Waals surface area contributed by atoms with E-state index in [2.05, 4.69) is 5.32 Å². The summed E-state index contributed by atoms with van der Waals surface area (Å²) in [6.07, 6.45) is -0.719. The van der Waals surface area contributed by atoms with E-state index in [1.165, 1.54) is 18.2 Å². The maximum Gasteiger partial charge on any atom is 0.338 e. The summed E-state index contributed by atoms with van der Waals surface area (Å²) in [5, 5.41) is 32.2. The third-order valence-electron chi connectivity index (χ3n) is 5.70. The van der Waals surface area contributed by atoms with Crippen molar-refractivity contribution >= 4 is 5.97 Å². The summed E-state index contributed by atoms with van der Waals surface area (Å²) in [6.45, 7) is 6.42. The molecule has 7 heteroatoms. The summed E-state index contributed by atoms with van der Waals surface area (Å²) in [7, 11) is 0. The Morgan fingerprint density at radius 2 is 1.65 bits per heavy atom. The SMILES string of the molecule is CC(C)c1c(-c2ccc(OCCN[C@H](C)[C@@H](O)c3ccc(O)cc3)cc2)ccc(C(=O)O)c1F. The molecule has 0 aliphatic rings. The van der Waals surface area contributed by atoms with Crippen molar-refractivity contribution in [3.05, 3.63) is 83.2 Å². The van der Waals surface area contributed by atoms with Crippen molar-refractivity contribution in [2.45, 2.75) is 38.8 Å². The fraction of sp³-hybridized carbons (Fsp3) is 0.296. The molecule has 180 valence electrons. The number of hydrogen-bond acceptors (Lipinski definition) is 5. The molecule has 0 fully saturated rings. The quantitative estimate of drug-likeness (QED) is 0.309. The number of ether oxygens (including phenoxy) is 1. The highest BCUT2D eigenvalue weighted by Gasteiger charge is 2.21. The van der Waals surface area contributed by atoms with Crippen LogP contribution in [0.15, 0.2) is 60.7 Å². The molecule has 0 aliphatic carbocycles. The van der Waals surface area contributed by atoms with E-state index in [1.54, 1.807) is 30.3 Å². The normalized spacial score (nSPS) is 13.0. The van der Waals surface area contributed by atoms with Gasteiger partial charge in [0.05, 0.1) is 11.7 Å². The van der Waals surface area contributed by atoms with E-state index >= 15 is 0 Å². The van der Waals surface area contributed by atoms with Gasteiger partial charge in [-0.3, -0.25) is 0 Å². The highest BCUT2D eigenvalue weighted by Crippen LogP contribution is 2.34. The molecule has 4 N–H and O–H groups in total. The molecule has 3 rings (SSSR count). The van der Waals surface area contributed by atoms with Crippen molar-refractivity contribution in [3.63, 3.8) is 0 Å². The minimum Gasteiger partial charge on any atom is -0.508 e. The van der Waals surface area contributed by atoms with Crippen LogP contribution in [0.1, 0.15) is 54.3 Å². The van der Waals surface area contributed by atoms with E-state index in [-0.39, 0.29) is 23.3 Å². The van der Waals surface area contributed by atoms with Crippen LogP contribution in [0.5, 0.6) is 11.5 Å². The minimum absolute atomic E-state index is 0.152. The van der Waals surface area contributed by atoms with Crippen LogP contribution >= 0.6 is 0 Å². The smallest absolute Gasteiger partial charge is 0.338 e. The van der Waals surface area contributed by atoms with Gasteiger partial charge in [-0.05, 0) is 65.4 Å². The van der Waals surface area contributed by atoms with Gasteiger partial charge in [-0.25, -0.2) is 9.18 Å². The Balaban J connectivity index is 1.59. The summed E-state index contributed by atoms with van der Waals surface area (Å²) < 4.78 is 20.6. The molecule has 0 radical (unpaired) electrons. The number of hydrogen-bond donors (Lipinski definition) is 4. The van der Waals surface area contributed by atoms with Crippen LogP contribution in [0.4, 0.5) is 4.39 Å². The monoisotopic (exact) mass is 467 g/mol. The Labute approximate surface area is 198 Å². The van der Waals surface area contributed by atoms with Gasteiger partial charge in [-0.15, -0.1) is 0 Å². The first-order chi connectivity index (χ1) is 16.2. The molecule has 0 saturated heterocycles. The van der Waals surface area contributed by atoms with Gasteiger partial charge in [0, 0.05) is 12.6 Å². The topological polar surface area (TPSA) is 99.0 Å². The zero-order valence-electron chi connectivity index (χ0n) is 19.5. The average Bonchev–Trinajstić information content (AvgIpc) is 2.81. The fourth-order valence-electron chi connectivity index (χ4n) is 3.83. The zero-order chi connectivity index (χ0) is 24.8. The third kappa shape index (κ3) is 5.92. The summed E-state index contributed by atoms with van der Waals surface area (Å²) >= 11 is 0. The Morgan fingerprint density at radius 3 is 2.24 bits per heavy atom. The number of rotatable bonds is 10. The largest absolute Gasteiger partial charge is 0.508 e. The second-order valence-corrected chi connectivity index (χ2v) is 8.50. The van der Waals surface area contributed by atoms with E-state index in [0.717, 1.165) is 5.56 Å². The second kappa shape index (κ2) is 11.1. The summed E-state index contributed by atoms with van der Waals surface area (Å²) in [5.41, 5.74) is 2.19. The van der Waals surface area contributed by atoms with Gasteiger partial charge in [0.1, 0.15) is 23.9 Å². The minimum atomic E-state index is -1.28. The predicted octanol–water partition coefficient (Wildman–Crippen LogP) is 5.11. The van der Waals surface area contributed by atoms with Crippen LogP contribution in [-0.2, 0) is 0 Å². The molecule has 3 aromatic carbocycles. The molecule has 6 nitrogen and oxygen atoms in total. The van der Waals surface area contributed by atoms with Crippen molar-refractivity contribution in [3.8, 4) is 22.6 Å². The van der Waals surface area contributed by atoms with E-state index in [0.29, 0.717) is 35.6 Å². The maximum atomic E-state index is 14.8. The Kier molecular flexibility index (Phi) is 8.26. The van der Waals surface area contributed by atoms with Crippen LogP contribution in [0.2, 0.25) is 0 Å². The number of carboxylic acids is 1. The molecule has 0 saturated carbocycles. The Morgan fingerprint density at radius 1 is 1.00 bits per heavy atom. The standard InChI is InChI=1S/C27H30FNO5/c1-16(2)24-22(12-13-23(25(24)28)27(32)33)18-6-10-21(11-7-18)34-15-14-29-17(3)26(31)19-4-8-20(30)9-5-19/h4-13,16-17,26,29-31H,14-15H2,1-3H3,(H,32,33)/t17-,26-/m1/s1. The van der Waals surface area contributed by atoms with Gasteiger partial charge < -0.3 is 25.4 Å². The number of benzene rings is 3. The molecule has 0 heterocycles. The highest BCUT2D eigenvalue weighted by atomic mass is 19.1. The first-order valence-corrected chi connectivity index (χ1v) is 11.2. The van der Waals surface area contributed by atoms with Gasteiger partial charge in [0.15, 0.2) is 0 Å². The van der Waals surface area contributed by atoms with Crippen molar-refractivity contribution in [2.24, 2.45) is 0 Å². The van der Waals surface area contributed by atoms with Gasteiger partial charge in [-0.2, -0.15) is 0 Å². The molecule has 0 aromatic heterocycles. The number of carboxylic acid groups (broad SMARTS) is 1. The number of aromatic carboxylic acids is 1. The van der Waals surface area contributed by atoms with E-state index < -0.39 is 17.9 Å². The van der Waals surface area contributed by atoms with E-state index in [4.69, 9.17) is 4.74 Å². The summed E-state index contributed by atoms with van der Waals surface area (Å²) in [5.74, 6) is -1.37. The number of aromatic hydroxyl groups is 1. The summed E-state index contributed by atoms with van der Waals surface area (Å²) in [4.78, 5) is 11.3. The van der Waals surface area contributed by atoms with Crippen LogP contribution in [-0.4, -0.2) is 40.5 Å². The molecular weight excluding hydrogens is 437 g/mol. The first-order valence-electron chi connectivity index (χ1n) is 11.2. The molecule has 2 atom stereocenters. The van der Waals surface area contributed by atoms with Crippen LogP contribution < -0.4 is 10.1 Å². The molecular formula is C27H30FNO5. The molecule has 0 spiro atoms. The zero-order valence-corrected chi connectivity index (χ0v) is 19.5. The lowest BCUT2D eigenvalue weighted by Gasteiger charge is -2.21. The van der Waals surface area contributed by atoms with Gasteiger partial charge in [-0.1, -0.05) is 44.2 Å². The second-order valence-electron chi connectivity index (χ2n) is 8.50. The lowest BCUT2D eigenvalue weighted by atomic mass is 9.90. The molecule has 0 aliphatic heterocycles. The highest BCUT2D eigenvalue weighted by molar-refractivity contribution is 5.89. The lowest BCUT2D eigenvalue weighted by molar-refractivity contribution is 0.0691. The van der Waals surface area contributed by atoms with Gasteiger partial charge in [0.2, 0.25) is 0 Å². The predicted molar refractivity (Wildman–Crippen MR) is 129 cm³/mol. The maximum absolute atomic E-state index is 14.8. The molecule has 0 amide bonds. The third-order valence-corrected chi connectivity index (χ3v) is 5.70. The van der Waals surface area contributed by atoms with Crippen molar-refractivity contribution < 1.29 is 29.2 Å². The van der Waals surface area contributed by atoms with Crippen molar-refractivity contribution in [1.29, 1.82) is 0 Å². The number of phenolic OH excluding ortho intramolecular Hbond substituents is 1. The molecule has 34 heavy (non-hydrogen) atoms. The van der Waals surface area contributed by atoms with Gasteiger partial charge in [0.25, 0.3) is 0 Å². The number of halogens is 1. The van der Waals surface area contributed by atoms with Crippen molar-refractivity contribution in [1.82, 2.24) is 5.32 Å². The van der Waals surface area contributed by atoms with Crippen LogP contribution in [0, 0.1) is 5.82 Å². The van der Waals surface area contributed by atoms with E-state index in [9.17, 15) is 24.5 Å². The average molecular weight is 468 g/mol. The first kappa shape index (κ1) is 25.2. The van der Waals surface area contributed by atoms with Crippen molar-refractivity contribution in [2.75, 3.05) is 13.2 Å².